The molecule has 3 N–H and O–H groups in total. The van der Waals surface area contributed by atoms with Crippen molar-refractivity contribution in [2.45, 2.75) is 24.7 Å². The Labute approximate surface area is 172 Å². The molecule has 0 spiro atoms. The van der Waals surface area contributed by atoms with Crippen LogP contribution in [0.25, 0.3) is 0 Å². The molecule has 2 aromatic rings. The number of carbonyl (C=O) groups excluding carboxylic acids is 1. The van der Waals surface area contributed by atoms with Crippen LogP contribution in [-0.2, 0) is 9.53 Å². The molecule has 2 atom stereocenters. The summed E-state index contributed by atoms with van der Waals surface area (Å²) in [7, 11) is 2.81. The lowest BCUT2D eigenvalue weighted by molar-refractivity contribution is -0.117. The number of phenolic OH excluding ortho intramolecular Hbond substituents is 1. The number of nitrogens with zero attached hydrogens (tertiary/aromatic N) is 1. The number of nitrogens with two attached hydrogens (primary N) is 1. The SMILES string of the molecule is COc1cc([C@@H]2C(C#N)=C(N)OC3=C2C(=O)C[C@@H](c2ccco2)C3)cc(OC)c1O. The number of hydrogen-bond donors (Lipinski definition) is 2. The van der Waals surface area contributed by atoms with E-state index in [0.29, 0.717) is 29.1 Å². The third kappa shape index (κ3) is 3.05. The molecule has 4 rings (SSSR count). The Kier molecular flexibility index (Phi) is 4.88. The topological polar surface area (TPSA) is 128 Å². The number of furan rings is 1. The van der Waals surface area contributed by atoms with Crippen molar-refractivity contribution in [2.75, 3.05) is 14.2 Å². The standard InChI is InChI=1S/C22H20N2O6/c1-27-17-8-12(9-18(28-2)21(17)26)19-13(10-23)22(24)30-16-7-11(6-14(25)20(16)19)15-4-3-5-29-15/h3-5,8-9,11,19,26H,6-7,24H2,1-2H3/t11-,19-/m1/s1. The maximum absolute atomic E-state index is 13.2. The van der Waals surface area contributed by atoms with Gasteiger partial charge in [0.25, 0.3) is 0 Å². The molecule has 8 heteroatoms. The van der Waals surface area contributed by atoms with Gasteiger partial charge in [-0.1, -0.05) is 0 Å². The molecule has 1 aliphatic heterocycles. The van der Waals surface area contributed by atoms with Crippen LogP contribution in [0.5, 0.6) is 17.2 Å². The lowest BCUT2D eigenvalue weighted by Crippen LogP contribution is -2.29. The van der Waals surface area contributed by atoms with Gasteiger partial charge >= 0.3 is 0 Å². The number of allylic oxidation sites excluding steroid dienone is 3. The lowest BCUT2D eigenvalue weighted by Gasteiger charge is -2.33. The Hall–Kier alpha value is -3.86. The average molecular weight is 408 g/mol. The number of ketones is 1. The fourth-order valence-corrected chi connectivity index (χ4v) is 4.05. The van der Waals surface area contributed by atoms with E-state index in [-0.39, 0.29) is 46.8 Å². The predicted octanol–water partition coefficient (Wildman–Crippen LogP) is 3.21. The van der Waals surface area contributed by atoms with Crippen molar-refractivity contribution in [2.24, 2.45) is 5.73 Å². The van der Waals surface area contributed by atoms with Gasteiger partial charge in [0.2, 0.25) is 11.6 Å². The van der Waals surface area contributed by atoms with Gasteiger partial charge in [-0.05, 0) is 29.8 Å². The van der Waals surface area contributed by atoms with Crippen LogP contribution in [0.15, 0.2) is 57.7 Å². The van der Waals surface area contributed by atoms with E-state index < -0.39 is 5.92 Å². The molecule has 0 saturated carbocycles. The van der Waals surface area contributed by atoms with E-state index >= 15 is 0 Å². The van der Waals surface area contributed by atoms with E-state index in [0.717, 1.165) is 0 Å². The number of Topliss-reactive ketones (excluding diaryl/α,β-unsaturated/α-hetero) is 1. The van der Waals surface area contributed by atoms with Crippen molar-refractivity contribution in [3.63, 3.8) is 0 Å². The lowest BCUT2D eigenvalue weighted by atomic mass is 9.74. The Balaban J connectivity index is 1.86. The molecule has 30 heavy (non-hydrogen) atoms. The molecule has 0 bridgehead atoms. The summed E-state index contributed by atoms with van der Waals surface area (Å²) < 4.78 is 21.7. The fourth-order valence-electron chi connectivity index (χ4n) is 4.05. The summed E-state index contributed by atoms with van der Waals surface area (Å²) in [6.07, 6.45) is 2.19. The van der Waals surface area contributed by atoms with Crippen LogP contribution in [0, 0.1) is 11.3 Å². The molecular weight excluding hydrogens is 388 g/mol. The summed E-state index contributed by atoms with van der Waals surface area (Å²) in [4.78, 5) is 13.2. The normalized spacial score (nSPS) is 21.0. The summed E-state index contributed by atoms with van der Waals surface area (Å²) in [5.41, 5.74) is 7.08. The third-order valence-electron chi connectivity index (χ3n) is 5.44. The first-order chi connectivity index (χ1) is 14.5. The molecule has 0 radical (unpaired) electrons. The molecule has 0 unspecified atom stereocenters. The van der Waals surface area contributed by atoms with Crippen molar-refractivity contribution >= 4 is 5.78 Å². The molecule has 154 valence electrons. The largest absolute Gasteiger partial charge is 0.502 e. The van der Waals surface area contributed by atoms with Crippen LogP contribution in [0.4, 0.5) is 0 Å². The molecule has 1 aromatic heterocycles. The highest BCUT2D eigenvalue weighted by atomic mass is 16.5. The van der Waals surface area contributed by atoms with E-state index in [2.05, 4.69) is 6.07 Å². The molecule has 0 amide bonds. The number of phenols is 1. The number of rotatable bonds is 4. The minimum absolute atomic E-state index is 0.0554. The van der Waals surface area contributed by atoms with Crippen molar-refractivity contribution < 1.29 is 28.5 Å². The van der Waals surface area contributed by atoms with Gasteiger partial charge in [0.15, 0.2) is 17.3 Å². The highest BCUT2D eigenvalue weighted by molar-refractivity contribution is 6.00. The first-order valence-corrected chi connectivity index (χ1v) is 9.30. The summed E-state index contributed by atoms with van der Waals surface area (Å²) in [6.45, 7) is 0. The van der Waals surface area contributed by atoms with Crippen LogP contribution >= 0.6 is 0 Å². The maximum Gasteiger partial charge on any atom is 0.205 e. The van der Waals surface area contributed by atoms with Crippen molar-refractivity contribution in [1.29, 1.82) is 5.26 Å². The molecule has 1 aliphatic carbocycles. The second-order valence-corrected chi connectivity index (χ2v) is 7.08. The van der Waals surface area contributed by atoms with Crippen molar-refractivity contribution in [3.8, 4) is 23.3 Å². The second-order valence-electron chi connectivity index (χ2n) is 7.08. The first-order valence-electron chi connectivity index (χ1n) is 9.30. The summed E-state index contributed by atoms with van der Waals surface area (Å²) in [5.74, 6) is 0.106. The predicted molar refractivity (Wildman–Crippen MR) is 105 cm³/mol. The Morgan fingerprint density at radius 3 is 2.50 bits per heavy atom. The van der Waals surface area contributed by atoms with Gasteiger partial charge < -0.3 is 29.5 Å². The van der Waals surface area contributed by atoms with E-state index in [4.69, 9.17) is 24.4 Å². The van der Waals surface area contributed by atoms with Crippen LogP contribution in [0.3, 0.4) is 0 Å². The fraction of sp³-hybridized carbons (Fsp3) is 0.273. The minimum atomic E-state index is -0.757. The minimum Gasteiger partial charge on any atom is -0.502 e. The zero-order valence-corrected chi connectivity index (χ0v) is 16.5. The Morgan fingerprint density at radius 1 is 1.23 bits per heavy atom. The monoisotopic (exact) mass is 408 g/mol. The number of methoxy groups -OCH3 is 2. The number of aromatic hydroxyl groups is 1. The van der Waals surface area contributed by atoms with Crippen molar-refractivity contribution in [1.82, 2.24) is 0 Å². The van der Waals surface area contributed by atoms with Crippen LogP contribution in [0.1, 0.15) is 36.0 Å². The quantitative estimate of drug-likeness (QED) is 0.789. The zero-order chi connectivity index (χ0) is 21.4. The van der Waals surface area contributed by atoms with Crippen LogP contribution in [0.2, 0.25) is 0 Å². The summed E-state index contributed by atoms with van der Waals surface area (Å²) >= 11 is 0. The second kappa shape index (κ2) is 7.52. The first kappa shape index (κ1) is 19.5. The summed E-state index contributed by atoms with van der Waals surface area (Å²) in [5, 5.41) is 20.0. The van der Waals surface area contributed by atoms with E-state index in [1.165, 1.54) is 14.2 Å². The Bertz CT molecular complexity index is 1080. The van der Waals surface area contributed by atoms with Gasteiger partial charge in [0, 0.05) is 24.3 Å². The molecule has 2 heterocycles. The maximum atomic E-state index is 13.2. The smallest absolute Gasteiger partial charge is 0.205 e. The number of ether oxygens (including phenoxy) is 3. The number of nitriles is 1. The van der Waals surface area contributed by atoms with Gasteiger partial charge in [-0.2, -0.15) is 5.26 Å². The van der Waals surface area contributed by atoms with Gasteiger partial charge in [0.05, 0.1) is 26.4 Å². The highest BCUT2D eigenvalue weighted by Gasteiger charge is 2.42. The highest BCUT2D eigenvalue weighted by Crippen LogP contribution is 2.49. The van der Waals surface area contributed by atoms with Gasteiger partial charge in [-0.15, -0.1) is 0 Å². The van der Waals surface area contributed by atoms with Crippen molar-refractivity contribution in [3.05, 3.63) is 64.6 Å². The molecule has 1 aromatic carbocycles. The van der Waals surface area contributed by atoms with E-state index in [1.807, 2.05) is 6.07 Å². The van der Waals surface area contributed by atoms with Gasteiger partial charge in [-0.3, -0.25) is 4.79 Å². The number of carbonyl (C=O) groups is 1. The van der Waals surface area contributed by atoms with E-state index in [1.54, 1.807) is 24.5 Å². The summed E-state index contributed by atoms with van der Waals surface area (Å²) in [6, 6.07) is 8.78. The van der Waals surface area contributed by atoms with Crippen LogP contribution < -0.4 is 15.2 Å². The molecule has 0 fully saturated rings. The Morgan fingerprint density at radius 2 is 1.93 bits per heavy atom. The van der Waals surface area contributed by atoms with Gasteiger partial charge in [0.1, 0.15) is 23.2 Å². The average Bonchev–Trinajstić information content (AvgIpc) is 3.28. The molecule has 8 nitrogen and oxygen atoms in total. The molecular formula is C22H20N2O6. The van der Waals surface area contributed by atoms with E-state index in [9.17, 15) is 15.2 Å². The number of hydrogen-bond acceptors (Lipinski definition) is 8. The van der Waals surface area contributed by atoms with Gasteiger partial charge in [-0.25, -0.2) is 0 Å². The molecule has 2 aliphatic rings. The van der Waals surface area contributed by atoms with Crippen LogP contribution in [-0.4, -0.2) is 25.1 Å². The number of benzene rings is 1. The zero-order valence-electron chi connectivity index (χ0n) is 16.5. The molecule has 0 saturated heterocycles. The third-order valence-corrected chi connectivity index (χ3v) is 5.44.